The predicted molar refractivity (Wildman–Crippen MR) is 136 cm³/mol. The summed E-state index contributed by atoms with van der Waals surface area (Å²) < 4.78 is 17.1. The first-order valence-corrected chi connectivity index (χ1v) is 11.2. The molecule has 0 bridgehead atoms. The van der Waals surface area contributed by atoms with Crippen molar-refractivity contribution in [2.45, 2.75) is 27.3 Å². The number of carbonyl (C=O) groups is 1. The molecule has 0 saturated carbocycles. The summed E-state index contributed by atoms with van der Waals surface area (Å²) in [7, 11) is 3.16. The molecule has 0 aliphatic heterocycles. The maximum Gasteiger partial charge on any atom is 0.412 e. The summed E-state index contributed by atoms with van der Waals surface area (Å²) in [6, 6.07) is 16.9. The molecule has 0 spiro atoms. The molecule has 0 saturated heterocycles. The van der Waals surface area contributed by atoms with E-state index in [2.05, 4.69) is 4.98 Å². The maximum atomic E-state index is 12.2. The number of amides is 1. The highest BCUT2D eigenvalue weighted by Crippen LogP contribution is 2.39. The average Bonchev–Trinajstić information content (AvgIpc) is 2.85. The van der Waals surface area contributed by atoms with Crippen LogP contribution in [0.1, 0.15) is 22.3 Å². The third-order valence-corrected chi connectivity index (χ3v) is 6.03. The molecule has 0 aliphatic rings. The number of anilines is 1. The lowest BCUT2D eigenvalue weighted by atomic mass is 10.1. The van der Waals surface area contributed by atoms with Crippen molar-refractivity contribution in [3.63, 3.8) is 0 Å². The van der Waals surface area contributed by atoms with Gasteiger partial charge in [-0.2, -0.15) is 0 Å². The summed E-state index contributed by atoms with van der Waals surface area (Å²) in [5, 5.41) is 10.8. The number of methoxy groups -OCH3 is 2. The Morgan fingerprint density at radius 1 is 0.857 bits per heavy atom. The van der Waals surface area contributed by atoms with E-state index in [0.29, 0.717) is 34.2 Å². The van der Waals surface area contributed by atoms with E-state index < -0.39 is 6.09 Å². The Kier molecular flexibility index (Phi) is 6.78. The normalized spacial score (nSPS) is 10.8. The van der Waals surface area contributed by atoms with Crippen molar-refractivity contribution in [2.24, 2.45) is 0 Å². The Hall–Kier alpha value is -4.26. The molecule has 0 unspecified atom stereocenters. The lowest BCUT2D eigenvalue weighted by Crippen LogP contribution is -2.29. The number of carboxylic acid groups (broad SMARTS) is 1. The van der Waals surface area contributed by atoms with Crippen molar-refractivity contribution < 1.29 is 24.1 Å². The van der Waals surface area contributed by atoms with Crippen molar-refractivity contribution in [1.82, 2.24) is 4.98 Å². The van der Waals surface area contributed by atoms with Gasteiger partial charge in [-0.3, -0.25) is 9.88 Å². The predicted octanol–water partition coefficient (Wildman–Crippen LogP) is 6.65. The van der Waals surface area contributed by atoms with E-state index in [1.165, 1.54) is 4.90 Å². The smallest absolute Gasteiger partial charge is 0.412 e. The maximum absolute atomic E-state index is 12.2. The van der Waals surface area contributed by atoms with Gasteiger partial charge in [0.15, 0.2) is 11.5 Å². The van der Waals surface area contributed by atoms with Crippen LogP contribution in [0.5, 0.6) is 23.0 Å². The average molecular weight is 473 g/mol. The first-order chi connectivity index (χ1) is 16.8. The molecule has 4 rings (SSSR count). The molecule has 0 fully saturated rings. The van der Waals surface area contributed by atoms with Crippen LogP contribution >= 0.6 is 0 Å². The SMILES string of the molecule is COc1cc2nccc(Oc3cc(C)c(N(Cc4ccccc4C)C(=O)O)cc3C)c2cc1OC. The van der Waals surface area contributed by atoms with Crippen LogP contribution in [0.4, 0.5) is 10.5 Å². The summed E-state index contributed by atoms with van der Waals surface area (Å²) in [5.41, 5.74) is 4.94. The minimum Gasteiger partial charge on any atom is -0.493 e. The third-order valence-electron chi connectivity index (χ3n) is 6.03. The van der Waals surface area contributed by atoms with Crippen LogP contribution < -0.4 is 19.1 Å². The number of rotatable bonds is 7. The summed E-state index contributed by atoms with van der Waals surface area (Å²) in [6.45, 7) is 6.03. The molecule has 180 valence electrons. The molecule has 4 aromatic rings. The molecule has 0 atom stereocenters. The van der Waals surface area contributed by atoms with Gasteiger partial charge in [0.2, 0.25) is 0 Å². The van der Waals surface area contributed by atoms with Crippen molar-refractivity contribution in [3.05, 3.63) is 83.0 Å². The lowest BCUT2D eigenvalue weighted by molar-refractivity contribution is 0.201. The number of benzene rings is 3. The van der Waals surface area contributed by atoms with E-state index in [9.17, 15) is 9.90 Å². The molecule has 7 nitrogen and oxygen atoms in total. The standard InChI is InChI=1S/C28H28N2O5/c1-17-8-6-7-9-20(17)16-30(28(31)32)23-12-19(3)25(13-18(23)2)35-24-10-11-29-22-15-27(34-5)26(33-4)14-21(22)24/h6-15H,16H2,1-5H3,(H,31,32). The van der Waals surface area contributed by atoms with E-state index in [0.717, 1.165) is 27.6 Å². The zero-order valence-corrected chi connectivity index (χ0v) is 20.5. The molecule has 1 aromatic heterocycles. The fraction of sp³-hybridized carbons (Fsp3) is 0.214. The van der Waals surface area contributed by atoms with Gasteiger partial charge in [-0.15, -0.1) is 0 Å². The minimum absolute atomic E-state index is 0.263. The molecule has 0 radical (unpaired) electrons. The van der Waals surface area contributed by atoms with Gasteiger partial charge < -0.3 is 19.3 Å². The second-order valence-electron chi connectivity index (χ2n) is 8.33. The van der Waals surface area contributed by atoms with Crippen LogP contribution in [0.25, 0.3) is 10.9 Å². The number of nitrogens with zero attached hydrogens (tertiary/aromatic N) is 2. The van der Waals surface area contributed by atoms with Gasteiger partial charge in [-0.25, -0.2) is 4.79 Å². The van der Waals surface area contributed by atoms with Crippen LogP contribution in [0.3, 0.4) is 0 Å². The Morgan fingerprint density at radius 3 is 2.26 bits per heavy atom. The zero-order chi connectivity index (χ0) is 25.1. The highest BCUT2D eigenvalue weighted by atomic mass is 16.5. The van der Waals surface area contributed by atoms with E-state index in [1.54, 1.807) is 32.5 Å². The van der Waals surface area contributed by atoms with E-state index in [-0.39, 0.29) is 6.54 Å². The molecule has 0 aliphatic carbocycles. The monoisotopic (exact) mass is 472 g/mol. The fourth-order valence-corrected chi connectivity index (χ4v) is 4.04. The van der Waals surface area contributed by atoms with Crippen LogP contribution in [0, 0.1) is 20.8 Å². The van der Waals surface area contributed by atoms with Crippen molar-refractivity contribution in [1.29, 1.82) is 0 Å². The minimum atomic E-state index is -1.01. The van der Waals surface area contributed by atoms with E-state index in [4.69, 9.17) is 14.2 Å². The largest absolute Gasteiger partial charge is 0.493 e. The van der Waals surface area contributed by atoms with Crippen molar-refractivity contribution >= 4 is 22.7 Å². The molecule has 3 aromatic carbocycles. The van der Waals surface area contributed by atoms with Gasteiger partial charge in [-0.05, 0) is 67.3 Å². The number of pyridine rings is 1. The first-order valence-electron chi connectivity index (χ1n) is 11.2. The van der Waals surface area contributed by atoms with Gasteiger partial charge in [0.05, 0.1) is 32.0 Å². The zero-order valence-electron chi connectivity index (χ0n) is 20.5. The van der Waals surface area contributed by atoms with Crippen LogP contribution in [-0.4, -0.2) is 30.4 Å². The van der Waals surface area contributed by atoms with Crippen molar-refractivity contribution in [3.8, 4) is 23.0 Å². The lowest BCUT2D eigenvalue weighted by Gasteiger charge is -2.24. The number of aryl methyl sites for hydroxylation is 3. The van der Waals surface area contributed by atoms with Crippen LogP contribution in [0.2, 0.25) is 0 Å². The molecule has 1 N–H and O–H groups in total. The third kappa shape index (κ3) is 4.84. The van der Waals surface area contributed by atoms with E-state index in [1.807, 2.05) is 63.2 Å². The molecular weight excluding hydrogens is 444 g/mol. The Balaban J connectivity index is 1.70. The molecule has 35 heavy (non-hydrogen) atoms. The molecule has 1 heterocycles. The van der Waals surface area contributed by atoms with Gasteiger partial charge in [-0.1, -0.05) is 24.3 Å². The quantitative estimate of drug-likeness (QED) is 0.324. The Labute approximate surface area is 204 Å². The topological polar surface area (TPSA) is 81.1 Å². The second kappa shape index (κ2) is 9.93. The first kappa shape index (κ1) is 23.9. The highest BCUT2D eigenvalue weighted by Gasteiger charge is 2.20. The Morgan fingerprint density at radius 2 is 1.57 bits per heavy atom. The summed E-state index contributed by atoms with van der Waals surface area (Å²) in [5.74, 6) is 2.41. The van der Waals surface area contributed by atoms with Gasteiger partial charge >= 0.3 is 6.09 Å². The number of aromatic nitrogens is 1. The number of ether oxygens (including phenoxy) is 3. The molecule has 1 amide bonds. The van der Waals surface area contributed by atoms with Gasteiger partial charge in [0.25, 0.3) is 0 Å². The fourth-order valence-electron chi connectivity index (χ4n) is 4.04. The van der Waals surface area contributed by atoms with E-state index >= 15 is 0 Å². The van der Waals surface area contributed by atoms with Gasteiger partial charge in [0, 0.05) is 17.6 Å². The van der Waals surface area contributed by atoms with Crippen LogP contribution in [0.15, 0.2) is 60.8 Å². The van der Waals surface area contributed by atoms with Crippen LogP contribution in [-0.2, 0) is 6.54 Å². The summed E-state index contributed by atoms with van der Waals surface area (Å²) >= 11 is 0. The number of fused-ring (bicyclic) bond motifs is 1. The number of hydrogen-bond donors (Lipinski definition) is 1. The highest BCUT2D eigenvalue weighted by molar-refractivity contribution is 5.89. The Bertz CT molecular complexity index is 1400. The van der Waals surface area contributed by atoms with Crippen molar-refractivity contribution in [2.75, 3.05) is 19.1 Å². The number of hydrogen-bond acceptors (Lipinski definition) is 5. The summed E-state index contributed by atoms with van der Waals surface area (Å²) in [4.78, 5) is 18.0. The van der Waals surface area contributed by atoms with Gasteiger partial charge in [0.1, 0.15) is 11.5 Å². The molecule has 7 heteroatoms. The molecular formula is C28H28N2O5. The second-order valence-corrected chi connectivity index (χ2v) is 8.33. The summed E-state index contributed by atoms with van der Waals surface area (Å²) in [6.07, 6.45) is 0.666.